The van der Waals surface area contributed by atoms with Gasteiger partial charge in [0.1, 0.15) is 0 Å². The van der Waals surface area contributed by atoms with Crippen LogP contribution in [-0.4, -0.2) is 22.2 Å². The molecule has 0 saturated heterocycles. The summed E-state index contributed by atoms with van der Waals surface area (Å²) in [6, 6.07) is 13.9. The van der Waals surface area contributed by atoms with Gasteiger partial charge in [0.25, 0.3) is 0 Å². The molecule has 2 N–H and O–H groups in total. The van der Waals surface area contributed by atoms with Crippen LogP contribution in [0.5, 0.6) is 0 Å². The fraction of sp³-hybridized carbons (Fsp3) is 0.294. The Bertz CT molecular complexity index is 683. The van der Waals surface area contributed by atoms with Crippen LogP contribution in [0, 0.1) is 5.92 Å². The van der Waals surface area contributed by atoms with Gasteiger partial charge in [0, 0.05) is 11.7 Å². The first kappa shape index (κ1) is 16.4. The lowest BCUT2D eigenvalue weighted by Gasteiger charge is -2.17. The van der Waals surface area contributed by atoms with Crippen molar-refractivity contribution in [1.29, 1.82) is 0 Å². The van der Waals surface area contributed by atoms with Gasteiger partial charge in [-0.1, -0.05) is 42.5 Å². The Kier molecular flexibility index (Phi) is 5.44. The van der Waals surface area contributed by atoms with Gasteiger partial charge in [-0.15, -0.1) is 0 Å². The molecule has 0 aliphatic rings. The van der Waals surface area contributed by atoms with E-state index in [1.165, 1.54) is 0 Å². The first-order valence-corrected chi connectivity index (χ1v) is 7.60. The lowest BCUT2D eigenvalue weighted by molar-refractivity contribution is -0.143. The Morgan fingerprint density at radius 2 is 1.73 bits per heavy atom. The smallest absolute Gasteiger partial charge is 0.306 e. The number of rotatable bonds is 7. The Morgan fingerprint density at radius 1 is 1.05 bits per heavy atom. The fourth-order valence-corrected chi connectivity index (χ4v) is 2.88. The molecule has 0 amide bonds. The molecular weight excluding hydrogens is 300 g/mol. The van der Waals surface area contributed by atoms with E-state index in [0.717, 1.165) is 16.3 Å². The molecule has 0 saturated carbocycles. The number of hydrogen-bond acceptors (Lipinski definition) is 3. The van der Waals surface area contributed by atoms with Gasteiger partial charge in [-0.25, -0.2) is 0 Å². The number of hydrogen-bond donors (Lipinski definition) is 3. The zero-order chi connectivity index (χ0) is 16.1. The predicted octanol–water partition coefficient (Wildman–Crippen LogP) is 3.77. The van der Waals surface area contributed by atoms with E-state index in [1.807, 2.05) is 42.5 Å². The van der Waals surface area contributed by atoms with Gasteiger partial charge in [0.15, 0.2) is 0 Å². The minimum absolute atomic E-state index is 0.120. The van der Waals surface area contributed by atoms with Crippen LogP contribution >= 0.6 is 12.6 Å². The second-order valence-corrected chi connectivity index (χ2v) is 5.95. The van der Waals surface area contributed by atoms with Crippen LogP contribution in [0.3, 0.4) is 0 Å². The molecule has 4 nitrogen and oxygen atoms in total. The Labute approximate surface area is 134 Å². The summed E-state index contributed by atoms with van der Waals surface area (Å²) in [7, 11) is 0. The summed E-state index contributed by atoms with van der Waals surface area (Å²) in [5.41, 5.74) is 0.948. The van der Waals surface area contributed by atoms with Crippen LogP contribution in [-0.2, 0) is 9.59 Å². The molecule has 0 aliphatic heterocycles. The summed E-state index contributed by atoms with van der Waals surface area (Å²) in [4.78, 5) is 21.9. The minimum Gasteiger partial charge on any atom is -0.481 e. The van der Waals surface area contributed by atoms with Gasteiger partial charge in [-0.3, -0.25) is 9.59 Å². The first-order chi connectivity index (χ1) is 10.5. The summed E-state index contributed by atoms with van der Waals surface area (Å²) < 4.78 is 0. The molecular formula is C17H18O4S. The van der Waals surface area contributed by atoms with Gasteiger partial charge < -0.3 is 10.2 Å². The Morgan fingerprint density at radius 3 is 2.36 bits per heavy atom. The average molecular weight is 318 g/mol. The number of thiol groups is 1. The molecule has 0 aliphatic carbocycles. The Balaban J connectivity index is 2.12. The molecule has 5 heteroatoms. The third-order valence-electron chi connectivity index (χ3n) is 3.72. The van der Waals surface area contributed by atoms with Crippen molar-refractivity contribution in [2.75, 3.05) is 0 Å². The average Bonchev–Trinajstić information content (AvgIpc) is 2.50. The van der Waals surface area contributed by atoms with Gasteiger partial charge in [0.05, 0.1) is 5.92 Å². The number of benzene rings is 2. The second-order valence-electron chi connectivity index (χ2n) is 5.33. The molecule has 0 bridgehead atoms. The lowest BCUT2D eigenvalue weighted by Crippen LogP contribution is -2.17. The molecule has 2 atom stereocenters. The highest BCUT2D eigenvalue weighted by Crippen LogP contribution is 2.31. The molecule has 0 heterocycles. The van der Waals surface area contributed by atoms with Gasteiger partial charge >= 0.3 is 11.9 Å². The quantitative estimate of drug-likeness (QED) is 0.679. The number of carboxylic acid groups (broad SMARTS) is 2. The molecule has 116 valence electrons. The summed E-state index contributed by atoms with van der Waals surface area (Å²) in [5.74, 6) is -2.65. The van der Waals surface area contributed by atoms with E-state index in [0.29, 0.717) is 6.42 Å². The van der Waals surface area contributed by atoms with E-state index in [-0.39, 0.29) is 18.1 Å². The molecule has 0 spiro atoms. The molecule has 2 unspecified atom stereocenters. The summed E-state index contributed by atoms with van der Waals surface area (Å²) in [6.07, 6.45) is 0.286. The predicted molar refractivity (Wildman–Crippen MR) is 88.3 cm³/mol. The molecule has 0 fully saturated rings. The topological polar surface area (TPSA) is 74.6 Å². The number of carbonyl (C=O) groups is 2. The highest BCUT2D eigenvalue weighted by atomic mass is 32.1. The van der Waals surface area contributed by atoms with Gasteiger partial charge in [0.2, 0.25) is 0 Å². The van der Waals surface area contributed by atoms with E-state index >= 15 is 0 Å². The summed E-state index contributed by atoms with van der Waals surface area (Å²) in [5, 5.41) is 19.9. The maximum atomic E-state index is 11.3. The van der Waals surface area contributed by atoms with Crippen molar-refractivity contribution >= 4 is 35.3 Å². The monoisotopic (exact) mass is 318 g/mol. The molecule has 0 radical (unpaired) electrons. The van der Waals surface area contributed by atoms with Crippen LogP contribution in [0.15, 0.2) is 42.5 Å². The molecule has 0 aromatic heterocycles. The maximum absolute atomic E-state index is 11.3. The van der Waals surface area contributed by atoms with Crippen LogP contribution < -0.4 is 0 Å². The van der Waals surface area contributed by atoms with Crippen LogP contribution in [0.1, 0.15) is 30.1 Å². The standard InChI is InChI=1S/C17H18O4S/c18-16(19)8-7-14(17(20)21)10-15(22)13-6-5-11-3-1-2-4-12(11)9-13/h1-6,9,14-15,22H,7-8,10H2,(H,18,19)(H,20,21). The van der Waals surface area contributed by atoms with Crippen LogP contribution in [0.4, 0.5) is 0 Å². The fourth-order valence-electron chi connectivity index (χ4n) is 2.46. The van der Waals surface area contributed by atoms with Crippen LogP contribution in [0.2, 0.25) is 0 Å². The van der Waals surface area contributed by atoms with E-state index in [2.05, 4.69) is 12.6 Å². The largest absolute Gasteiger partial charge is 0.481 e. The normalized spacial score (nSPS) is 13.7. The second kappa shape index (κ2) is 7.31. The number of aliphatic carboxylic acids is 2. The first-order valence-electron chi connectivity index (χ1n) is 7.08. The minimum atomic E-state index is -0.979. The summed E-state index contributed by atoms with van der Waals surface area (Å²) in [6.45, 7) is 0. The number of carboxylic acids is 2. The molecule has 2 aromatic carbocycles. The van der Waals surface area contributed by atoms with Crippen molar-refractivity contribution in [3.8, 4) is 0 Å². The maximum Gasteiger partial charge on any atom is 0.306 e. The van der Waals surface area contributed by atoms with E-state index in [1.54, 1.807) is 0 Å². The lowest BCUT2D eigenvalue weighted by atomic mass is 9.94. The van der Waals surface area contributed by atoms with E-state index in [4.69, 9.17) is 5.11 Å². The number of fused-ring (bicyclic) bond motifs is 1. The van der Waals surface area contributed by atoms with Crippen molar-refractivity contribution in [2.24, 2.45) is 5.92 Å². The highest BCUT2D eigenvalue weighted by molar-refractivity contribution is 7.80. The van der Waals surface area contributed by atoms with E-state index in [9.17, 15) is 14.7 Å². The SMILES string of the molecule is O=C(O)CCC(CC(S)c1ccc2ccccc2c1)C(=O)O. The third kappa shape index (κ3) is 4.24. The zero-order valence-corrected chi connectivity index (χ0v) is 12.9. The van der Waals surface area contributed by atoms with Crippen molar-refractivity contribution in [3.63, 3.8) is 0 Å². The highest BCUT2D eigenvalue weighted by Gasteiger charge is 2.22. The zero-order valence-electron chi connectivity index (χ0n) is 12.0. The van der Waals surface area contributed by atoms with E-state index < -0.39 is 17.9 Å². The Hall–Kier alpha value is -2.01. The molecule has 2 aromatic rings. The van der Waals surface area contributed by atoms with Crippen LogP contribution in [0.25, 0.3) is 10.8 Å². The van der Waals surface area contributed by atoms with Crippen molar-refractivity contribution < 1.29 is 19.8 Å². The molecule has 22 heavy (non-hydrogen) atoms. The molecule has 2 rings (SSSR count). The van der Waals surface area contributed by atoms with Crippen molar-refractivity contribution in [2.45, 2.75) is 24.5 Å². The van der Waals surface area contributed by atoms with Crippen molar-refractivity contribution in [1.82, 2.24) is 0 Å². The summed E-state index contributed by atoms with van der Waals surface area (Å²) >= 11 is 4.51. The van der Waals surface area contributed by atoms with Crippen molar-refractivity contribution in [3.05, 3.63) is 48.0 Å². The third-order valence-corrected chi connectivity index (χ3v) is 4.23. The van der Waals surface area contributed by atoms with Gasteiger partial charge in [-0.05, 0) is 29.2 Å². The van der Waals surface area contributed by atoms with Gasteiger partial charge in [-0.2, -0.15) is 12.6 Å².